The highest BCUT2D eigenvalue weighted by Crippen LogP contribution is 2.11. The Hall–Kier alpha value is -1.62. The SMILES string of the molecule is CCCOC(=O)c1cccc(NC(N)=S)c1. The molecule has 0 unspecified atom stereocenters. The van der Waals surface area contributed by atoms with Gasteiger partial charge in [0, 0.05) is 5.69 Å². The molecule has 16 heavy (non-hydrogen) atoms. The van der Waals surface area contributed by atoms with Crippen molar-refractivity contribution in [3.05, 3.63) is 29.8 Å². The fourth-order valence-electron chi connectivity index (χ4n) is 1.14. The Bertz CT molecular complexity index is 393. The van der Waals surface area contributed by atoms with E-state index in [1.807, 2.05) is 6.92 Å². The third-order valence-corrected chi connectivity index (χ3v) is 1.91. The van der Waals surface area contributed by atoms with Crippen molar-refractivity contribution in [2.45, 2.75) is 13.3 Å². The molecule has 0 aromatic heterocycles. The van der Waals surface area contributed by atoms with Crippen LogP contribution in [0.3, 0.4) is 0 Å². The highest BCUT2D eigenvalue weighted by molar-refractivity contribution is 7.80. The molecule has 5 heteroatoms. The van der Waals surface area contributed by atoms with Gasteiger partial charge in [0.15, 0.2) is 5.11 Å². The van der Waals surface area contributed by atoms with Gasteiger partial charge in [-0.15, -0.1) is 0 Å². The van der Waals surface area contributed by atoms with Crippen molar-refractivity contribution in [2.75, 3.05) is 11.9 Å². The van der Waals surface area contributed by atoms with Gasteiger partial charge in [-0.3, -0.25) is 0 Å². The third kappa shape index (κ3) is 3.86. The lowest BCUT2D eigenvalue weighted by Crippen LogP contribution is -2.19. The Morgan fingerprint density at radius 3 is 2.94 bits per heavy atom. The second kappa shape index (κ2) is 6.07. The Kier molecular flexibility index (Phi) is 4.72. The number of anilines is 1. The van der Waals surface area contributed by atoms with E-state index in [4.69, 9.17) is 22.7 Å². The lowest BCUT2D eigenvalue weighted by molar-refractivity contribution is 0.0505. The summed E-state index contributed by atoms with van der Waals surface area (Å²) in [5, 5.41) is 2.92. The van der Waals surface area contributed by atoms with Crippen LogP contribution in [0.15, 0.2) is 24.3 Å². The summed E-state index contributed by atoms with van der Waals surface area (Å²) in [5.41, 5.74) is 6.50. The molecule has 86 valence electrons. The van der Waals surface area contributed by atoms with E-state index >= 15 is 0 Å². The molecule has 1 aromatic rings. The van der Waals surface area contributed by atoms with E-state index in [-0.39, 0.29) is 11.1 Å². The topological polar surface area (TPSA) is 64.3 Å². The number of hydrogen-bond acceptors (Lipinski definition) is 3. The Balaban J connectivity index is 2.73. The second-order valence-corrected chi connectivity index (χ2v) is 3.65. The summed E-state index contributed by atoms with van der Waals surface area (Å²) >= 11 is 4.71. The maximum Gasteiger partial charge on any atom is 0.338 e. The first-order chi connectivity index (χ1) is 7.63. The summed E-state index contributed by atoms with van der Waals surface area (Å²) in [6.07, 6.45) is 0.802. The first-order valence-corrected chi connectivity index (χ1v) is 5.38. The molecule has 4 nitrogen and oxygen atoms in total. The monoisotopic (exact) mass is 238 g/mol. The third-order valence-electron chi connectivity index (χ3n) is 1.80. The van der Waals surface area contributed by atoms with Crippen LogP contribution in [-0.2, 0) is 4.74 Å². The van der Waals surface area contributed by atoms with E-state index in [2.05, 4.69) is 5.32 Å². The molecule has 0 aliphatic heterocycles. The summed E-state index contributed by atoms with van der Waals surface area (Å²) in [6.45, 7) is 2.36. The zero-order chi connectivity index (χ0) is 12.0. The number of nitrogens with two attached hydrogens (primary N) is 1. The van der Waals surface area contributed by atoms with E-state index in [9.17, 15) is 4.79 Å². The lowest BCUT2D eigenvalue weighted by Gasteiger charge is -2.06. The van der Waals surface area contributed by atoms with E-state index < -0.39 is 0 Å². The van der Waals surface area contributed by atoms with Gasteiger partial charge >= 0.3 is 5.97 Å². The zero-order valence-electron chi connectivity index (χ0n) is 9.03. The van der Waals surface area contributed by atoms with Gasteiger partial charge < -0.3 is 15.8 Å². The molecule has 0 spiro atoms. The highest BCUT2D eigenvalue weighted by atomic mass is 32.1. The minimum absolute atomic E-state index is 0.166. The summed E-state index contributed by atoms with van der Waals surface area (Å²) in [4.78, 5) is 11.5. The van der Waals surface area contributed by atoms with E-state index in [0.717, 1.165) is 6.42 Å². The van der Waals surface area contributed by atoms with Gasteiger partial charge in [0.2, 0.25) is 0 Å². The number of ether oxygens (including phenoxy) is 1. The average Bonchev–Trinajstić information content (AvgIpc) is 2.25. The zero-order valence-corrected chi connectivity index (χ0v) is 9.84. The summed E-state index contributed by atoms with van der Waals surface area (Å²) in [5.74, 6) is -0.339. The van der Waals surface area contributed by atoms with Crippen LogP contribution >= 0.6 is 12.2 Å². The Labute approximate surface area is 99.8 Å². The normalized spacial score (nSPS) is 9.56. The first-order valence-electron chi connectivity index (χ1n) is 4.97. The fraction of sp³-hybridized carbons (Fsp3) is 0.273. The maximum absolute atomic E-state index is 11.5. The van der Waals surface area contributed by atoms with Crippen molar-refractivity contribution in [1.82, 2.24) is 0 Å². The predicted octanol–water partition coefficient (Wildman–Crippen LogP) is 1.91. The second-order valence-electron chi connectivity index (χ2n) is 3.21. The van der Waals surface area contributed by atoms with Gasteiger partial charge in [0.25, 0.3) is 0 Å². The van der Waals surface area contributed by atoms with Crippen molar-refractivity contribution < 1.29 is 9.53 Å². The molecular weight excluding hydrogens is 224 g/mol. The number of nitrogens with one attached hydrogen (secondary N) is 1. The van der Waals surface area contributed by atoms with Crippen molar-refractivity contribution in [1.29, 1.82) is 0 Å². The summed E-state index contributed by atoms with van der Waals surface area (Å²) in [6, 6.07) is 6.85. The number of carbonyl (C=O) groups is 1. The van der Waals surface area contributed by atoms with Crippen LogP contribution in [0.5, 0.6) is 0 Å². The van der Waals surface area contributed by atoms with Gasteiger partial charge in [-0.05, 0) is 36.8 Å². The van der Waals surface area contributed by atoms with Crippen molar-refractivity contribution >= 4 is 29.0 Å². The van der Waals surface area contributed by atoms with Crippen LogP contribution in [0.4, 0.5) is 5.69 Å². The van der Waals surface area contributed by atoms with Gasteiger partial charge in [0.05, 0.1) is 12.2 Å². The van der Waals surface area contributed by atoms with Crippen molar-refractivity contribution in [2.24, 2.45) is 5.73 Å². The van der Waals surface area contributed by atoms with Gasteiger partial charge in [-0.2, -0.15) is 0 Å². The van der Waals surface area contributed by atoms with Crippen LogP contribution in [0.25, 0.3) is 0 Å². The molecule has 0 saturated heterocycles. The molecule has 1 aromatic carbocycles. The van der Waals surface area contributed by atoms with Crippen LogP contribution in [-0.4, -0.2) is 17.7 Å². The minimum Gasteiger partial charge on any atom is -0.462 e. The molecule has 0 fully saturated rings. The number of hydrogen-bond donors (Lipinski definition) is 2. The van der Waals surface area contributed by atoms with E-state index in [0.29, 0.717) is 17.9 Å². The van der Waals surface area contributed by atoms with Crippen LogP contribution < -0.4 is 11.1 Å². The number of esters is 1. The van der Waals surface area contributed by atoms with E-state index in [1.165, 1.54) is 0 Å². The van der Waals surface area contributed by atoms with Gasteiger partial charge in [0.1, 0.15) is 0 Å². The number of carbonyl (C=O) groups excluding carboxylic acids is 1. The van der Waals surface area contributed by atoms with Crippen LogP contribution in [0.2, 0.25) is 0 Å². The Morgan fingerprint density at radius 1 is 1.56 bits per heavy atom. The van der Waals surface area contributed by atoms with Crippen molar-refractivity contribution in [3.8, 4) is 0 Å². The molecule has 3 N–H and O–H groups in total. The molecule has 0 aliphatic rings. The molecule has 0 heterocycles. The quantitative estimate of drug-likeness (QED) is 0.619. The van der Waals surface area contributed by atoms with Gasteiger partial charge in [-0.25, -0.2) is 4.79 Å². The average molecular weight is 238 g/mol. The molecule has 0 amide bonds. The van der Waals surface area contributed by atoms with Crippen molar-refractivity contribution in [3.63, 3.8) is 0 Å². The lowest BCUT2D eigenvalue weighted by atomic mass is 10.2. The van der Waals surface area contributed by atoms with Crippen LogP contribution in [0, 0.1) is 0 Å². The molecule has 1 rings (SSSR count). The molecule has 0 atom stereocenters. The minimum atomic E-state index is -0.339. The highest BCUT2D eigenvalue weighted by Gasteiger charge is 2.06. The summed E-state index contributed by atoms with van der Waals surface area (Å²) in [7, 11) is 0. The summed E-state index contributed by atoms with van der Waals surface area (Å²) < 4.78 is 5.01. The maximum atomic E-state index is 11.5. The number of benzene rings is 1. The standard InChI is InChI=1S/C11H14N2O2S/c1-2-6-15-10(14)8-4-3-5-9(7-8)13-11(12)16/h3-5,7H,2,6H2,1H3,(H3,12,13,16). The molecule has 0 radical (unpaired) electrons. The van der Waals surface area contributed by atoms with Crippen LogP contribution in [0.1, 0.15) is 23.7 Å². The Morgan fingerprint density at radius 2 is 2.31 bits per heavy atom. The number of thiocarbonyl (C=S) groups is 1. The predicted molar refractivity (Wildman–Crippen MR) is 67.4 cm³/mol. The smallest absolute Gasteiger partial charge is 0.338 e. The first kappa shape index (κ1) is 12.4. The largest absolute Gasteiger partial charge is 0.462 e. The molecular formula is C11H14N2O2S. The van der Waals surface area contributed by atoms with E-state index in [1.54, 1.807) is 24.3 Å². The number of rotatable bonds is 4. The fourth-order valence-corrected chi connectivity index (χ4v) is 1.26. The molecule has 0 saturated carbocycles. The molecule has 0 aliphatic carbocycles. The van der Waals surface area contributed by atoms with Gasteiger partial charge in [-0.1, -0.05) is 13.0 Å². The molecule has 0 bridgehead atoms.